The van der Waals surface area contributed by atoms with Gasteiger partial charge in [0.2, 0.25) is 0 Å². The van der Waals surface area contributed by atoms with E-state index in [1.165, 1.54) is 0 Å². The van der Waals surface area contributed by atoms with E-state index in [9.17, 15) is 4.79 Å². The minimum atomic E-state index is -0.774. The molecule has 0 saturated carbocycles. The summed E-state index contributed by atoms with van der Waals surface area (Å²) < 4.78 is 5.10. The molecule has 1 N–H and O–H groups in total. The third-order valence-corrected chi connectivity index (χ3v) is 3.76. The quantitative estimate of drug-likeness (QED) is 0.851. The molecule has 2 rings (SSSR count). The van der Waals surface area contributed by atoms with Crippen molar-refractivity contribution in [3.8, 4) is 0 Å². The number of aliphatic carboxylic acids is 1. The number of carbonyl (C=O) groups is 1. The zero-order valence-corrected chi connectivity index (χ0v) is 9.70. The molecule has 0 unspecified atom stereocenters. The number of carboxylic acid groups (broad SMARTS) is 1. The van der Waals surface area contributed by atoms with Gasteiger partial charge in [-0.25, -0.2) is 0 Å². The van der Waals surface area contributed by atoms with Crippen LogP contribution in [-0.4, -0.2) is 29.5 Å². The molecule has 16 heavy (non-hydrogen) atoms. The first-order chi connectivity index (χ1) is 7.75. The monoisotopic (exact) mass is 238 g/mol. The smallest absolute Gasteiger partial charge is 0.307 e. The van der Waals surface area contributed by atoms with Gasteiger partial charge in [-0.2, -0.15) is 0 Å². The third-order valence-electron chi connectivity index (χ3n) is 2.54. The lowest BCUT2D eigenvalue weighted by molar-refractivity contribution is -0.136. The topological polar surface area (TPSA) is 46.5 Å². The fourth-order valence-electron chi connectivity index (χ4n) is 1.55. The standard InChI is InChI=1S/C12H14O3S/c13-12(14)5-9-3-1-2-4-10(9)8-16-11-6-15-7-11/h1-4,11H,5-8H2,(H,13,14). The Morgan fingerprint density at radius 2 is 2.06 bits per heavy atom. The summed E-state index contributed by atoms with van der Waals surface area (Å²) >= 11 is 1.84. The van der Waals surface area contributed by atoms with E-state index in [1.54, 1.807) is 0 Å². The third kappa shape index (κ3) is 3.00. The Morgan fingerprint density at radius 1 is 1.38 bits per heavy atom. The molecule has 0 spiro atoms. The Labute approximate surface area is 98.8 Å². The van der Waals surface area contributed by atoms with Gasteiger partial charge in [0.15, 0.2) is 0 Å². The first kappa shape index (κ1) is 11.5. The number of hydrogen-bond acceptors (Lipinski definition) is 3. The first-order valence-corrected chi connectivity index (χ1v) is 6.28. The highest BCUT2D eigenvalue weighted by Gasteiger charge is 2.19. The lowest BCUT2D eigenvalue weighted by Crippen LogP contribution is -2.30. The van der Waals surface area contributed by atoms with Gasteiger partial charge in [0.25, 0.3) is 0 Å². The second kappa shape index (κ2) is 5.37. The van der Waals surface area contributed by atoms with E-state index >= 15 is 0 Å². The van der Waals surface area contributed by atoms with Gasteiger partial charge in [-0.3, -0.25) is 4.79 Å². The van der Waals surface area contributed by atoms with Crippen molar-refractivity contribution in [2.45, 2.75) is 17.4 Å². The zero-order chi connectivity index (χ0) is 11.4. The second-order valence-electron chi connectivity index (χ2n) is 3.81. The van der Waals surface area contributed by atoms with Crippen molar-refractivity contribution < 1.29 is 14.6 Å². The van der Waals surface area contributed by atoms with Crippen LogP contribution in [0.25, 0.3) is 0 Å². The van der Waals surface area contributed by atoms with Crippen LogP contribution < -0.4 is 0 Å². The van der Waals surface area contributed by atoms with Crippen LogP contribution in [0.5, 0.6) is 0 Å². The Bertz CT molecular complexity index is 374. The van der Waals surface area contributed by atoms with Gasteiger partial charge in [0.05, 0.1) is 24.9 Å². The van der Waals surface area contributed by atoms with Crippen LogP contribution in [0, 0.1) is 0 Å². The number of hydrogen-bond donors (Lipinski definition) is 1. The molecule has 0 radical (unpaired) electrons. The van der Waals surface area contributed by atoms with Crippen LogP contribution in [0.2, 0.25) is 0 Å². The SMILES string of the molecule is O=C(O)Cc1ccccc1CSC1COC1. The number of ether oxygens (including phenoxy) is 1. The average molecular weight is 238 g/mol. The molecule has 0 atom stereocenters. The molecule has 1 aliphatic heterocycles. The summed E-state index contributed by atoms with van der Waals surface area (Å²) in [6.45, 7) is 1.65. The highest BCUT2D eigenvalue weighted by molar-refractivity contribution is 7.99. The Balaban J connectivity index is 1.97. The van der Waals surface area contributed by atoms with Crippen molar-refractivity contribution in [3.63, 3.8) is 0 Å². The Morgan fingerprint density at radius 3 is 2.62 bits per heavy atom. The maximum absolute atomic E-state index is 10.7. The molecule has 0 bridgehead atoms. The highest BCUT2D eigenvalue weighted by atomic mass is 32.2. The Hall–Kier alpha value is -1.00. The number of benzene rings is 1. The molecular weight excluding hydrogens is 224 g/mol. The molecule has 1 fully saturated rings. The van der Waals surface area contributed by atoms with Crippen LogP contribution in [0.4, 0.5) is 0 Å². The molecule has 1 aromatic carbocycles. The van der Waals surface area contributed by atoms with Crippen LogP contribution in [0.1, 0.15) is 11.1 Å². The lowest BCUT2D eigenvalue weighted by Gasteiger charge is -2.25. The van der Waals surface area contributed by atoms with Crippen LogP contribution in [0.15, 0.2) is 24.3 Å². The predicted octanol–water partition coefficient (Wildman–Crippen LogP) is 1.95. The summed E-state index contributed by atoms with van der Waals surface area (Å²) in [5.41, 5.74) is 2.05. The minimum Gasteiger partial charge on any atom is -0.481 e. The van der Waals surface area contributed by atoms with Gasteiger partial charge >= 0.3 is 5.97 Å². The van der Waals surface area contributed by atoms with Crippen molar-refractivity contribution >= 4 is 17.7 Å². The van der Waals surface area contributed by atoms with Crippen molar-refractivity contribution in [2.24, 2.45) is 0 Å². The fraction of sp³-hybridized carbons (Fsp3) is 0.417. The van der Waals surface area contributed by atoms with E-state index in [4.69, 9.17) is 9.84 Å². The summed E-state index contributed by atoms with van der Waals surface area (Å²) in [5, 5.41) is 9.38. The van der Waals surface area contributed by atoms with E-state index in [1.807, 2.05) is 36.0 Å². The van der Waals surface area contributed by atoms with Gasteiger partial charge in [-0.1, -0.05) is 24.3 Å². The molecule has 0 aliphatic carbocycles. The number of rotatable bonds is 5. The number of carboxylic acids is 1. The molecule has 86 valence electrons. The minimum absolute atomic E-state index is 0.109. The molecule has 1 heterocycles. The summed E-state index contributed by atoms with van der Waals surface area (Å²) in [5.74, 6) is 0.0988. The molecule has 1 saturated heterocycles. The summed E-state index contributed by atoms with van der Waals surface area (Å²) in [6.07, 6.45) is 0.109. The summed E-state index contributed by atoms with van der Waals surface area (Å²) in [6, 6.07) is 7.74. The molecule has 3 nitrogen and oxygen atoms in total. The van der Waals surface area contributed by atoms with Crippen molar-refractivity contribution in [1.82, 2.24) is 0 Å². The predicted molar refractivity (Wildman–Crippen MR) is 63.7 cm³/mol. The summed E-state index contributed by atoms with van der Waals surface area (Å²) in [7, 11) is 0. The fourth-order valence-corrected chi connectivity index (χ4v) is 2.63. The van der Waals surface area contributed by atoms with E-state index < -0.39 is 5.97 Å². The maximum Gasteiger partial charge on any atom is 0.307 e. The van der Waals surface area contributed by atoms with Gasteiger partial charge in [0.1, 0.15) is 0 Å². The van der Waals surface area contributed by atoms with E-state index in [0.717, 1.165) is 30.1 Å². The van der Waals surface area contributed by atoms with Gasteiger partial charge in [-0.15, -0.1) is 11.8 Å². The zero-order valence-electron chi connectivity index (χ0n) is 8.89. The van der Waals surface area contributed by atoms with Crippen LogP contribution >= 0.6 is 11.8 Å². The normalized spacial score (nSPS) is 15.8. The Kier molecular flexibility index (Phi) is 3.85. The van der Waals surface area contributed by atoms with Gasteiger partial charge < -0.3 is 9.84 Å². The molecule has 0 aromatic heterocycles. The molecule has 0 amide bonds. The lowest BCUT2D eigenvalue weighted by atomic mass is 10.1. The van der Waals surface area contributed by atoms with Crippen LogP contribution in [-0.2, 0) is 21.7 Å². The van der Waals surface area contributed by atoms with Crippen molar-refractivity contribution in [1.29, 1.82) is 0 Å². The van der Waals surface area contributed by atoms with E-state index in [2.05, 4.69) is 0 Å². The van der Waals surface area contributed by atoms with Gasteiger partial charge in [-0.05, 0) is 11.1 Å². The van der Waals surface area contributed by atoms with Crippen LogP contribution in [0.3, 0.4) is 0 Å². The molecule has 1 aromatic rings. The average Bonchev–Trinajstić information content (AvgIpc) is 2.17. The highest BCUT2D eigenvalue weighted by Crippen LogP contribution is 2.25. The largest absolute Gasteiger partial charge is 0.481 e. The molecule has 1 aliphatic rings. The molecular formula is C12H14O3S. The summed E-state index contributed by atoms with van der Waals surface area (Å²) in [4.78, 5) is 10.7. The van der Waals surface area contributed by atoms with Gasteiger partial charge in [0, 0.05) is 5.75 Å². The molecule has 4 heteroatoms. The number of thioether (sulfide) groups is 1. The van der Waals surface area contributed by atoms with Crippen molar-refractivity contribution in [2.75, 3.05) is 13.2 Å². The van der Waals surface area contributed by atoms with E-state index in [0.29, 0.717) is 5.25 Å². The maximum atomic E-state index is 10.7. The van der Waals surface area contributed by atoms with Crippen molar-refractivity contribution in [3.05, 3.63) is 35.4 Å². The first-order valence-electron chi connectivity index (χ1n) is 5.23. The van der Waals surface area contributed by atoms with E-state index in [-0.39, 0.29) is 6.42 Å². The second-order valence-corrected chi connectivity index (χ2v) is 5.10.